The molecule has 0 aromatic heterocycles. The second kappa shape index (κ2) is 8.19. The highest BCUT2D eigenvalue weighted by atomic mass is 19.1. The lowest BCUT2D eigenvalue weighted by atomic mass is 10.1. The van der Waals surface area contributed by atoms with Crippen molar-refractivity contribution < 1.29 is 18.7 Å². The molecule has 1 saturated heterocycles. The van der Waals surface area contributed by atoms with Gasteiger partial charge >= 0.3 is 5.97 Å². The first-order valence-electron chi connectivity index (χ1n) is 8.76. The molecule has 138 valence electrons. The summed E-state index contributed by atoms with van der Waals surface area (Å²) in [6.45, 7) is 4.34. The predicted molar refractivity (Wildman–Crippen MR) is 97.5 cm³/mol. The first-order chi connectivity index (χ1) is 12.6. The van der Waals surface area contributed by atoms with Gasteiger partial charge in [-0.05, 0) is 25.0 Å². The number of carbonyl (C=O) groups excluding carboxylic acids is 1. The molecule has 1 aliphatic rings. The molecule has 1 heterocycles. The fraction of sp³-hybridized carbons (Fsp3) is 0.350. The van der Waals surface area contributed by atoms with E-state index in [1.807, 2.05) is 18.2 Å². The summed E-state index contributed by atoms with van der Waals surface area (Å²) in [6.07, 6.45) is 0.664. The Bertz CT molecular complexity index is 767. The van der Waals surface area contributed by atoms with E-state index in [2.05, 4.69) is 17.0 Å². The van der Waals surface area contributed by atoms with Crippen LogP contribution in [-0.2, 0) is 11.3 Å². The molecule has 1 aliphatic heterocycles. The lowest BCUT2D eigenvalue weighted by molar-refractivity contribution is 0.0526. The van der Waals surface area contributed by atoms with E-state index in [9.17, 15) is 9.18 Å². The molecule has 3 rings (SSSR count). The van der Waals surface area contributed by atoms with Gasteiger partial charge in [0.15, 0.2) is 11.6 Å². The molecule has 2 aromatic rings. The van der Waals surface area contributed by atoms with E-state index in [4.69, 9.17) is 15.2 Å². The molecule has 0 aliphatic carbocycles. The average Bonchev–Trinajstić information content (AvgIpc) is 3.05. The van der Waals surface area contributed by atoms with Gasteiger partial charge in [-0.2, -0.15) is 0 Å². The summed E-state index contributed by atoms with van der Waals surface area (Å²) in [5.74, 6) is -1.11. The fourth-order valence-corrected chi connectivity index (χ4v) is 3.10. The lowest BCUT2D eigenvalue weighted by Crippen LogP contribution is -2.25. The van der Waals surface area contributed by atoms with Crippen LogP contribution < -0.4 is 10.5 Å². The molecule has 0 saturated carbocycles. The summed E-state index contributed by atoms with van der Waals surface area (Å²) in [4.78, 5) is 14.2. The maximum absolute atomic E-state index is 14.2. The quantitative estimate of drug-likeness (QED) is 0.634. The monoisotopic (exact) mass is 358 g/mol. The second-order valence-electron chi connectivity index (χ2n) is 6.34. The van der Waals surface area contributed by atoms with E-state index in [1.54, 1.807) is 6.92 Å². The van der Waals surface area contributed by atoms with Gasteiger partial charge in [0, 0.05) is 31.4 Å². The SMILES string of the molecule is CCOC(=O)c1cc(OC2CCN(Cc3ccccc3)C2)c(F)cc1N. The Morgan fingerprint density at radius 1 is 1.31 bits per heavy atom. The van der Waals surface area contributed by atoms with E-state index >= 15 is 0 Å². The topological polar surface area (TPSA) is 64.8 Å². The van der Waals surface area contributed by atoms with Crippen molar-refractivity contribution in [2.45, 2.75) is 26.0 Å². The predicted octanol–water partition coefficient (Wildman–Crippen LogP) is 3.24. The number of likely N-dealkylation sites (tertiary alicyclic amines) is 1. The Kier molecular flexibility index (Phi) is 5.73. The smallest absolute Gasteiger partial charge is 0.340 e. The first kappa shape index (κ1) is 18.2. The summed E-state index contributed by atoms with van der Waals surface area (Å²) >= 11 is 0. The van der Waals surface area contributed by atoms with Gasteiger partial charge in [0.25, 0.3) is 0 Å². The zero-order valence-corrected chi connectivity index (χ0v) is 14.8. The van der Waals surface area contributed by atoms with Gasteiger partial charge in [0.05, 0.1) is 12.2 Å². The third kappa shape index (κ3) is 4.32. The summed E-state index contributed by atoms with van der Waals surface area (Å²) in [5.41, 5.74) is 7.14. The Morgan fingerprint density at radius 3 is 2.81 bits per heavy atom. The van der Waals surface area contributed by atoms with Crippen LogP contribution in [0, 0.1) is 5.82 Å². The fourth-order valence-electron chi connectivity index (χ4n) is 3.10. The molecule has 1 fully saturated rings. The van der Waals surface area contributed by atoms with Crippen LogP contribution in [0.5, 0.6) is 5.75 Å². The van der Waals surface area contributed by atoms with Crippen molar-refractivity contribution in [3.05, 3.63) is 59.4 Å². The largest absolute Gasteiger partial charge is 0.486 e. The number of nitrogens with zero attached hydrogens (tertiary/aromatic N) is 1. The lowest BCUT2D eigenvalue weighted by Gasteiger charge is -2.18. The standard InChI is InChI=1S/C20H23FN2O3/c1-2-25-20(24)16-10-19(17(21)11-18(16)22)26-15-8-9-23(13-15)12-14-6-4-3-5-7-14/h3-7,10-11,15H,2,8-9,12-13,22H2,1H3. The van der Waals surface area contributed by atoms with Crippen molar-refractivity contribution in [3.63, 3.8) is 0 Å². The van der Waals surface area contributed by atoms with Gasteiger partial charge in [0.2, 0.25) is 0 Å². The highest BCUT2D eigenvalue weighted by Gasteiger charge is 2.26. The number of ether oxygens (including phenoxy) is 2. The van der Waals surface area contributed by atoms with E-state index in [0.717, 1.165) is 25.6 Å². The van der Waals surface area contributed by atoms with E-state index in [-0.39, 0.29) is 29.7 Å². The number of anilines is 1. The highest BCUT2D eigenvalue weighted by Crippen LogP contribution is 2.27. The number of carbonyl (C=O) groups is 1. The molecule has 2 aromatic carbocycles. The Labute approximate surface area is 152 Å². The molecule has 6 heteroatoms. The summed E-state index contributed by atoms with van der Waals surface area (Å²) in [7, 11) is 0. The minimum Gasteiger partial charge on any atom is -0.486 e. The minimum absolute atomic E-state index is 0.0359. The van der Waals surface area contributed by atoms with Crippen molar-refractivity contribution in [1.82, 2.24) is 4.90 Å². The number of benzene rings is 2. The van der Waals surface area contributed by atoms with E-state index in [0.29, 0.717) is 6.54 Å². The van der Waals surface area contributed by atoms with Crippen molar-refractivity contribution >= 4 is 11.7 Å². The van der Waals surface area contributed by atoms with Gasteiger partial charge in [-0.1, -0.05) is 30.3 Å². The second-order valence-corrected chi connectivity index (χ2v) is 6.34. The van der Waals surface area contributed by atoms with Crippen LogP contribution in [0.4, 0.5) is 10.1 Å². The average molecular weight is 358 g/mol. The molecular weight excluding hydrogens is 335 g/mol. The van der Waals surface area contributed by atoms with Gasteiger partial charge in [0.1, 0.15) is 6.10 Å². The van der Waals surface area contributed by atoms with Crippen molar-refractivity contribution in [2.75, 3.05) is 25.4 Å². The van der Waals surface area contributed by atoms with Crippen LogP contribution in [0.15, 0.2) is 42.5 Å². The normalized spacial score (nSPS) is 17.2. The van der Waals surface area contributed by atoms with Crippen LogP contribution in [-0.4, -0.2) is 36.7 Å². The van der Waals surface area contributed by atoms with Crippen molar-refractivity contribution in [1.29, 1.82) is 0 Å². The minimum atomic E-state index is -0.577. The van der Waals surface area contributed by atoms with Crippen LogP contribution in [0.3, 0.4) is 0 Å². The number of nitrogen functional groups attached to an aromatic ring is 1. The van der Waals surface area contributed by atoms with E-state index < -0.39 is 11.8 Å². The maximum Gasteiger partial charge on any atom is 0.340 e. The first-order valence-corrected chi connectivity index (χ1v) is 8.76. The molecule has 2 N–H and O–H groups in total. The van der Waals surface area contributed by atoms with E-state index in [1.165, 1.54) is 11.6 Å². The zero-order valence-electron chi connectivity index (χ0n) is 14.8. The molecule has 0 amide bonds. The van der Waals surface area contributed by atoms with Crippen molar-refractivity contribution in [3.8, 4) is 5.75 Å². The highest BCUT2D eigenvalue weighted by molar-refractivity contribution is 5.95. The summed E-state index contributed by atoms with van der Waals surface area (Å²) < 4.78 is 25.0. The van der Waals surface area contributed by atoms with Crippen LogP contribution in [0.2, 0.25) is 0 Å². The zero-order chi connectivity index (χ0) is 18.5. The summed E-state index contributed by atoms with van der Waals surface area (Å²) in [5, 5.41) is 0. The van der Waals surface area contributed by atoms with Gasteiger partial charge in [-0.3, -0.25) is 4.90 Å². The number of halogens is 1. The molecule has 0 bridgehead atoms. The van der Waals surface area contributed by atoms with Crippen LogP contribution >= 0.6 is 0 Å². The summed E-state index contributed by atoms with van der Waals surface area (Å²) in [6, 6.07) is 12.6. The number of hydrogen-bond acceptors (Lipinski definition) is 5. The molecule has 1 atom stereocenters. The molecular formula is C20H23FN2O3. The number of esters is 1. The Hall–Kier alpha value is -2.60. The third-order valence-electron chi connectivity index (χ3n) is 4.37. The van der Waals surface area contributed by atoms with Crippen LogP contribution in [0.25, 0.3) is 0 Å². The van der Waals surface area contributed by atoms with Crippen LogP contribution in [0.1, 0.15) is 29.3 Å². The van der Waals surface area contributed by atoms with Crippen molar-refractivity contribution in [2.24, 2.45) is 0 Å². The molecule has 0 spiro atoms. The third-order valence-corrected chi connectivity index (χ3v) is 4.37. The van der Waals surface area contributed by atoms with Gasteiger partial charge < -0.3 is 15.2 Å². The maximum atomic E-state index is 14.2. The van der Waals surface area contributed by atoms with Gasteiger partial charge in [-0.15, -0.1) is 0 Å². The molecule has 5 nitrogen and oxygen atoms in total. The van der Waals surface area contributed by atoms with Gasteiger partial charge in [-0.25, -0.2) is 9.18 Å². The molecule has 0 radical (unpaired) electrons. The Balaban J connectivity index is 1.65. The molecule has 1 unspecified atom stereocenters. The molecule has 26 heavy (non-hydrogen) atoms. The number of rotatable bonds is 6. The number of nitrogens with two attached hydrogens (primary N) is 1. The number of hydrogen-bond donors (Lipinski definition) is 1. The Morgan fingerprint density at radius 2 is 2.08 bits per heavy atom.